The highest BCUT2D eigenvalue weighted by molar-refractivity contribution is 7.52. The van der Waals surface area contributed by atoms with E-state index in [2.05, 4.69) is 4.74 Å². The lowest BCUT2D eigenvalue weighted by Crippen LogP contribution is -2.06. The number of esters is 1. The number of carbonyl (C=O) groups excluding carboxylic acids is 1. The van der Waals surface area contributed by atoms with Gasteiger partial charge < -0.3 is 14.5 Å². The number of methoxy groups -OCH3 is 1. The summed E-state index contributed by atoms with van der Waals surface area (Å²) in [5.74, 6) is -0.583. The maximum Gasteiger partial charge on any atom is 0.333 e. The van der Waals surface area contributed by atoms with Gasteiger partial charge in [0.1, 0.15) is 0 Å². The van der Waals surface area contributed by atoms with Gasteiger partial charge in [-0.3, -0.25) is 4.57 Å². The molecule has 76 valence electrons. The zero-order valence-electron chi connectivity index (χ0n) is 7.72. The first-order chi connectivity index (χ1) is 5.79. The normalized spacial score (nSPS) is 15.3. The monoisotopic (exact) mass is 208 g/mol. The van der Waals surface area contributed by atoms with Crippen LogP contribution >= 0.6 is 7.60 Å². The molecular weight excluding hydrogens is 195 g/mol. The predicted molar refractivity (Wildman–Crippen MR) is 47.3 cm³/mol. The minimum atomic E-state index is -4.14. The molecule has 6 heteroatoms. The Morgan fingerprint density at radius 3 is 2.31 bits per heavy atom. The van der Waals surface area contributed by atoms with E-state index in [0.29, 0.717) is 0 Å². The molecule has 1 atom stereocenters. The van der Waals surface area contributed by atoms with E-state index in [1.807, 2.05) is 0 Å². The molecule has 0 fully saturated rings. The second-order valence-electron chi connectivity index (χ2n) is 2.67. The van der Waals surface area contributed by atoms with Crippen LogP contribution in [0.3, 0.4) is 0 Å². The van der Waals surface area contributed by atoms with Gasteiger partial charge in [-0.15, -0.1) is 0 Å². The summed E-state index contributed by atoms with van der Waals surface area (Å²) in [6, 6.07) is 0. The van der Waals surface area contributed by atoms with Gasteiger partial charge in [0.25, 0.3) is 0 Å². The summed E-state index contributed by atoms with van der Waals surface area (Å²) in [6.07, 6.45) is 1.20. The number of carbonyl (C=O) groups is 1. The summed E-state index contributed by atoms with van der Waals surface area (Å²) in [4.78, 5) is 28.2. The van der Waals surface area contributed by atoms with Crippen molar-refractivity contribution in [2.24, 2.45) is 0 Å². The molecule has 0 saturated carbocycles. The Hall–Kier alpha value is -0.640. The van der Waals surface area contributed by atoms with Crippen LogP contribution in [-0.2, 0) is 14.1 Å². The fourth-order valence-corrected chi connectivity index (χ4v) is 1.11. The van der Waals surface area contributed by atoms with E-state index in [1.165, 1.54) is 27.0 Å². The molecule has 0 aromatic carbocycles. The third kappa shape index (κ3) is 4.22. The highest BCUT2D eigenvalue weighted by Gasteiger charge is 2.22. The fraction of sp³-hybridized carbons (Fsp3) is 0.571. The van der Waals surface area contributed by atoms with Gasteiger partial charge in [-0.2, -0.15) is 0 Å². The Balaban J connectivity index is 4.58. The Morgan fingerprint density at radius 2 is 2.00 bits per heavy atom. The highest BCUT2D eigenvalue weighted by Crippen LogP contribution is 2.41. The number of rotatable bonds is 3. The fourth-order valence-electron chi connectivity index (χ4n) is 0.688. The summed E-state index contributed by atoms with van der Waals surface area (Å²) < 4.78 is 15.0. The summed E-state index contributed by atoms with van der Waals surface area (Å²) in [5.41, 5.74) is -0.773. The second kappa shape index (κ2) is 4.56. The number of ether oxygens (including phenoxy) is 1. The van der Waals surface area contributed by atoms with E-state index in [9.17, 15) is 9.36 Å². The quantitative estimate of drug-likeness (QED) is 0.404. The van der Waals surface area contributed by atoms with Crippen LogP contribution in [0.15, 0.2) is 11.6 Å². The lowest BCUT2D eigenvalue weighted by atomic mass is 10.2. The molecule has 0 saturated heterocycles. The molecule has 0 radical (unpaired) electrons. The lowest BCUT2D eigenvalue weighted by molar-refractivity contribution is -0.136. The molecule has 0 amide bonds. The molecule has 0 bridgehead atoms. The van der Waals surface area contributed by atoms with Crippen molar-refractivity contribution in [3.63, 3.8) is 0 Å². The van der Waals surface area contributed by atoms with E-state index in [4.69, 9.17) is 9.79 Å². The van der Waals surface area contributed by atoms with Gasteiger partial charge in [-0.1, -0.05) is 6.08 Å². The summed E-state index contributed by atoms with van der Waals surface area (Å²) in [6.45, 7) is 2.78. The molecule has 0 rings (SSSR count). The first-order valence-corrected chi connectivity index (χ1v) is 5.29. The summed E-state index contributed by atoms with van der Waals surface area (Å²) >= 11 is 0. The van der Waals surface area contributed by atoms with Gasteiger partial charge >= 0.3 is 13.6 Å². The van der Waals surface area contributed by atoms with Crippen molar-refractivity contribution in [2.45, 2.75) is 19.5 Å². The number of hydrogen-bond acceptors (Lipinski definition) is 3. The van der Waals surface area contributed by atoms with Crippen LogP contribution in [0.5, 0.6) is 0 Å². The summed E-state index contributed by atoms with van der Waals surface area (Å²) in [5, 5.41) is 0. The Kier molecular flexibility index (Phi) is 4.33. The Morgan fingerprint density at radius 1 is 1.54 bits per heavy atom. The van der Waals surface area contributed by atoms with E-state index in [0.717, 1.165) is 0 Å². The minimum absolute atomic E-state index is 0.193. The van der Waals surface area contributed by atoms with E-state index < -0.39 is 19.2 Å². The first-order valence-electron chi connectivity index (χ1n) is 3.61. The maximum atomic E-state index is 10.8. The zero-order chi connectivity index (χ0) is 10.6. The molecule has 0 aliphatic carbocycles. The largest absolute Gasteiger partial charge is 0.466 e. The average molecular weight is 208 g/mol. The van der Waals surface area contributed by atoms with Gasteiger partial charge in [-0.25, -0.2) is 4.79 Å². The standard InChI is InChI=1S/C7H13O5P/c1-5(7(8)12-3)4-6(2)13(9,10)11/h4,6H,1-3H3,(H2,9,10,11). The number of allylic oxidation sites excluding steroid dienone is 1. The SMILES string of the molecule is COC(=O)C(C)=CC(C)P(=O)(O)O. The van der Waals surface area contributed by atoms with Crippen LogP contribution in [0.25, 0.3) is 0 Å². The molecule has 0 heterocycles. The molecule has 1 unspecified atom stereocenters. The topological polar surface area (TPSA) is 83.8 Å². The van der Waals surface area contributed by atoms with Crippen LogP contribution in [0.4, 0.5) is 0 Å². The molecule has 0 aliphatic rings. The predicted octanol–water partition coefficient (Wildman–Crippen LogP) is 0.672. The van der Waals surface area contributed by atoms with Gasteiger partial charge in [0.05, 0.1) is 12.8 Å². The van der Waals surface area contributed by atoms with Crippen LogP contribution in [0.1, 0.15) is 13.8 Å². The van der Waals surface area contributed by atoms with Crippen LogP contribution in [0.2, 0.25) is 0 Å². The molecule has 0 spiro atoms. The first kappa shape index (κ1) is 12.4. The molecule has 13 heavy (non-hydrogen) atoms. The maximum absolute atomic E-state index is 10.8. The van der Waals surface area contributed by atoms with E-state index >= 15 is 0 Å². The number of hydrogen-bond donors (Lipinski definition) is 2. The van der Waals surface area contributed by atoms with Crippen LogP contribution in [0, 0.1) is 0 Å². The van der Waals surface area contributed by atoms with Crippen LogP contribution < -0.4 is 0 Å². The zero-order valence-corrected chi connectivity index (χ0v) is 8.62. The second-order valence-corrected chi connectivity index (χ2v) is 4.66. The van der Waals surface area contributed by atoms with E-state index in [-0.39, 0.29) is 5.57 Å². The van der Waals surface area contributed by atoms with Crippen molar-refractivity contribution in [3.05, 3.63) is 11.6 Å². The van der Waals surface area contributed by atoms with Crippen molar-refractivity contribution < 1.29 is 23.9 Å². The highest BCUT2D eigenvalue weighted by atomic mass is 31.2. The Bertz CT molecular complexity index is 264. The third-order valence-electron chi connectivity index (χ3n) is 1.53. The van der Waals surface area contributed by atoms with E-state index in [1.54, 1.807) is 0 Å². The smallest absolute Gasteiger partial charge is 0.333 e. The average Bonchev–Trinajstić information content (AvgIpc) is 2.01. The Labute approximate surface area is 76.6 Å². The lowest BCUT2D eigenvalue weighted by Gasteiger charge is -2.09. The molecule has 0 aliphatic heterocycles. The molecule has 5 nitrogen and oxygen atoms in total. The van der Waals surface area contributed by atoms with Crippen molar-refractivity contribution in [1.82, 2.24) is 0 Å². The molecular formula is C7H13O5P. The van der Waals surface area contributed by atoms with Crippen molar-refractivity contribution in [1.29, 1.82) is 0 Å². The van der Waals surface area contributed by atoms with Crippen molar-refractivity contribution in [2.75, 3.05) is 7.11 Å². The van der Waals surface area contributed by atoms with Crippen molar-refractivity contribution >= 4 is 13.6 Å². The molecule has 2 N–H and O–H groups in total. The van der Waals surface area contributed by atoms with Gasteiger partial charge in [0.15, 0.2) is 0 Å². The molecule has 0 aromatic heterocycles. The van der Waals surface area contributed by atoms with Gasteiger partial charge in [-0.05, 0) is 13.8 Å². The third-order valence-corrected chi connectivity index (χ3v) is 2.74. The minimum Gasteiger partial charge on any atom is -0.466 e. The molecule has 0 aromatic rings. The van der Waals surface area contributed by atoms with Crippen molar-refractivity contribution in [3.8, 4) is 0 Å². The van der Waals surface area contributed by atoms with Gasteiger partial charge in [0.2, 0.25) is 0 Å². The van der Waals surface area contributed by atoms with Gasteiger partial charge in [0, 0.05) is 5.57 Å². The van der Waals surface area contributed by atoms with Crippen LogP contribution in [-0.4, -0.2) is 28.5 Å². The summed E-state index contributed by atoms with van der Waals surface area (Å²) in [7, 11) is -2.93.